The molecule has 0 aromatic heterocycles. The van der Waals surface area contributed by atoms with Gasteiger partial charge in [0.15, 0.2) is 0 Å². The van der Waals surface area contributed by atoms with Crippen LogP contribution in [0.2, 0.25) is 0 Å². The Morgan fingerprint density at radius 1 is 0.556 bits per heavy atom. The first-order valence-electron chi connectivity index (χ1n) is 8.86. The summed E-state index contributed by atoms with van der Waals surface area (Å²) in [5.74, 6) is 0. The van der Waals surface area contributed by atoms with Gasteiger partial charge in [-0.2, -0.15) is 0 Å². The van der Waals surface area contributed by atoms with E-state index in [0.29, 0.717) is 0 Å². The van der Waals surface area contributed by atoms with E-state index in [4.69, 9.17) is 0 Å². The molecular formula is C23H18S4. The summed E-state index contributed by atoms with van der Waals surface area (Å²) in [6.45, 7) is 6.66. The third-order valence-corrected chi connectivity index (χ3v) is 9.95. The number of rotatable bonds is 0. The third-order valence-electron chi connectivity index (χ3n) is 4.91. The van der Waals surface area contributed by atoms with Gasteiger partial charge in [0, 0.05) is 10.4 Å². The van der Waals surface area contributed by atoms with E-state index >= 15 is 0 Å². The molecule has 0 bridgehead atoms. The molecule has 0 unspecified atom stereocenters. The van der Waals surface area contributed by atoms with Crippen molar-refractivity contribution in [1.82, 2.24) is 0 Å². The van der Waals surface area contributed by atoms with Crippen LogP contribution in [0.4, 0.5) is 0 Å². The minimum atomic E-state index is 1.36. The normalized spacial score (nSPS) is 17.5. The van der Waals surface area contributed by atoms with Gasteiger partial charge in [-0.3, -0.25) is 0 Å². The summed E-state index contributed by atoms with van der Waals surface area (Å²) in [5, 5.41) is 10.5. The second kappa shape index (κ2) is 7.00. The van der Waals surface area contributed by atoms with Gasteiger partial charge in [0.1, 0.15) is 0 Å². The van der Waals surface area contributed by atoms with Gasteiger partial charge in [0.25, 0.3) is 0 Å². The smallest absolute Gasteiger partial charge is 0.0577 e. The number of benzene rings is 3. The molecule has 2 aliphatic heterocycles. The molecule has 0 saturated carbocycles. The molecular weight excluding hydrogens is 405 g/mol. The number of fused-ring (bicyclic) bond motifs is 2. The summed E-state index contributed by atoms with van der Waals surface area (Å²) in [6.07, 6.45) is 0. The van der Waals surface area contributed by atoms with Gasteiger partial charge in [-0.15, -0.1) is 0 Å². The molecule has 4 heteroatoms. The van der Waals surface area contributed by atoms with E-state index in [-0.39, 0.29) is 0 Å². The maximum Gasteiger partial charge on any atom is 0.0577 e. The Balaban J connectivity index is 2.02. The van der Waals surface area contributed by atoms with Crippen LogP contribution in [0.25, 0.3) is 30.0 Å². The molecule has 0 radical (unpaired) electrons. The molecule has 0 amide bonds. The first-order chi connectivity index (χ1) is 13.1. The molecule has 5 rings (SSSR count). The summed E-state index contributed by atoms with van der Waals surface area (Å²) in [4.78, 5) is 4.21. The topological polar surface area (TPSA) is 0 Å². The lowest BCUT2D eigenvalue weighted by atomic mass is 9.99. The van der Waals surface area contributed by atoms with E-state index in [9.17, 15) is 0 Å². The van der Waals surface area contributed by atoms with Gasteiger partial charge < -0.3 is 0 Å². The van der Waals surface area contributed by atoms with Crippen molar-refractivity contribution in [2.45, 2.75) is 20.8 Å². The molecule has 2 aliphatic rings. The van der Waals surface area contributed by atoms with Crippen LogP contribution < -0.4 is 10.4 Å². The molecule has 3 aromatic carbocycles. The Morgan fingerprint density at radius 2 is 1.00 bits per heavy atom. The fourth-order valence-electron chi connectivity index (χ4n) is 3.55. The van der Waals surface area contributed by atoms with Crippen molar-refractivity contribution in [3.8, 4) is 0 Å². The Kier molecular flexibility index (Phi) is 4.63. The monoisotopic (exact) mass is 422 g/mol. The van der Waals surface area contributed by atoms with Crippen molar-refractivity contribution < 1.29 is 0 Å². The van der Waals surface area contributed by atoms with Crippen LogP contribution in [-0.2, 0) is 0 Å². The predicted octanol–water partition coefficient (Wildman–Crippen LogP) is 7.20. The standard InChI is InChI=1S/C23H18S4/c1-13-12-24-22(25-13)20-16-8-4-6-10-18(16)21(19-11-7-5-9-17(19)20)23-26-14(2)15(3)27-23/h4-12H,1-3H3. The van der Waals surface area contributed by atoms with Gasteiger partial charge in [-0.1, -0.05) is 95.6 Å². The van der Waals surface area contributed by atoms with Crippen molar-refractivity contribution in [3.63, 3.8) is 0 Å². The molecule has 0 N–H and O–H groups in total. The predicted molar refractivity (Wildman–Crippen MR) is 130 cm³/mol. The third kappa shape index (κ3) is 2.98. The Hall–Kier alpha value is -1.20. The number of thioether (sulfide) groups is 4. The Bertz CT molecular complexity index is 1220. The molecule has 0 nitrogen and oxygen atoms in total. The SMILES string of the molecule is CC1=CSC(=c2c3ccccc3c(=C3SC(C)=C(C)S3)c3ccccc23)S1. The average molecular weight is 423 g/mol. The minimum absolute atomic E-state index is 1.36. The van der Waals surface area contributed by atoms with Crippen LogP contribution in [-0.4, -0.2) is 0 Å². The molecule has 0 fully saturated rings. The van der Waals surface area contributed by atoms with Crippen molar-refractivity contribution in [2.75, 3.05) is 0 Å². The quantitative estimate of drug-likeness (QED) is 0.351. The summed E-state index contributed by atoms with van der Waals surface area (Å²) >= 11 is 7.62. The van der Waals surface area contributed by atoms with Gasteiger partial charge in [-0.05, 0) is 62.4 Å². The molecule has 0 saturated heterocycles. The molecule has 0 atom stereocenters. The molecule has 2 heterocycles. The highest BCUT2D eigenvalue weighted by molar-refractivity contribution is 8.36. The first-order valence-corrected chi connectivity index (χ1v) is 12.2. The van der Waals surface area contributed by atoms with Crippen LogP contribution in [0.1, 0.15) is 20.8 Å². The van der Waals surface area contributed by atoms with E-state index in [1.54, 1.807) is 0 Å². The van der Waals surface area contributed by atoms with Crippen LogP contribution in [0.5, 0.6) is 0 Å². The largest absolute Gasteiger partial charge is 0.0892 e. The number of allylic oxidation sites excluding steroid dienone is 3. The highest BCUT2D eigenvalue weighted by Gasteiger charge is 2.19. The van der Waals surface area contributed by atoms with E-state index < -0.39 is 0 Å². The first kappa shape index (κ1) is 17.9. The fourth-order valence-corrected chi connectivity index (χ4v) is 8.50. The van der Waals surface area contributed by atoms with Crippen LogP contribution in [0.3, 0.4) is 0 Å². The molecule has 3 aromatic rings. The second-order valence-electron chi connectivity index (χ2n) is 6.68. The fraction of sp³-hybridized carbons (Fsp3) is 0.130. The maximum absolute atomic E-state index is 2.29. The summed E-state index contributed by atoms with van der Waals surface area (Å²) < 4.78 is 2.81. The number of hydrogen-bond acceptors (Lipinski definition) is 4. The lowest BCUT2D eigenvalue weighted by Gasteiger charge is -2.11. The highest BCUT2D eigenvalue weighted by Crippen LogP contribution is 2.49. The molecule has 0 spiro atoms. The van der Waals surface area contributed by atoms with E-state index in [1.165, 1.54) is 55.2 Å². The Labute approximate surface area is 176 Å². The van der Waals surface area contributed by atoms with E-state index in [2.05, 4.69) is 74.7 Å². The molecule has 27 heavy (non-hydrogen) atoms. The second-order valence-corrected chi connectivity index (χ2v) is 11.8. The summed E-state index contributed by atoms with van der Waals surface area (Å²) in [6, 6.07) is 17.9. The highest BCUT2D eigenvalue weighted by atomic mass is 32.2. The summed E-state index contributed by atoms with van der Waals surface area (Å²) in [7, 11) is 0. The van der Waals surface area contributed by atoms with Gasteiger partial charge in [-0.25, -0.2) is 0 Å². The van der Waals surface area contributed by atoms with Crippen molar-refractivity contribution in [3.05, 3.63) is 79.1 Å². The van der Waals surface area contributed by atoms with Gasteiger partial charge in [0.05, 0.1) is 8.47 Å². The zero-order valence-corrected chi connectivity index (χ0v) is 18.6. The van der Waals surface area contributed by atoms with Crippen molar-refractivity contribution in [2.24, 2.45) is 0 Å². The van der Waals surface area contributed by atoms with Crippen LogP contribution >= 0.6 is 47.0 Å². The molecule has 0 aliphatic carbocycles. The lowest BCUT2D eigenvalue weighted by molar-refractivity contribution is 1.57. The van der Waals surface area contributed by atoms with Crippen molar-refractivity contribution in [1.29, 1.82) is 0 Å². The zero-order valence-electron chi connectivity index (χ0n) is 15.3. The van der Waals surface area contributed by atoms with E-state index in [1.807, 2.05) is 47.0 Å². The minimum Gasteiger partial charge on any atom is -0.0892 e. The summed E-state index contributed by atoms with van der Waals surface area (Å²) in [5.41, 5.74) is 0. The lowest BCUT2D eigenvalue weighted by Crippen LogP contribution is -2.16. The van der Waals surface area contributed by atoms with Crippen molar-refractivity contribution >= 4 is 77.1 Å². The average Bonchev–Trinajstić information content (AvgIpc) is 3.24. The van der Waals surface area contributed by atoms with E-state index in [0.717, 1.165) is 0 Å². The van der Waals surface area contributed by atoms with Crippen LogP contribution in [0.15, 0.2) is 68.7 Å². The maximum atomic E-state index is 2.29. The zero-order chi connectivity index (χ0) is 18.5. The van der Waals surface area contributed by atoms with Gasteiger partial charge in [0.2, 0.25) is 0 Å². The van der Waals surface area contributed by atoms with Crippen LogP contribution in [0, 0.1) is 0 Å². The Morgan fingerprint density at radius 3 is 1.41 bits per heavy atom. The number of hydrogen-bond donors (Lipinski definition) is 0. The molecule has 134 valence electrons. The van der Waals surface area contributed by atoms with Gasteiger partial charge >= 0.3 is 0 Å².